The molecular weight excluding hydrogens is 244 g/mol. The van der Waals surface area contributed by atoms with Gasteiger partial charge in [0.25, 0.3) is 0 Å². The summed E-state index contributed by atoms with van der Waals surface area (Å²) < 4.78 is 0. The SMILES string of the molecule is CN(Cc1cccc(C(N)=S)c1)c1ccncn1. The van der Waals surface area contributed by atoms with Crippen LogP contribution in [0.2, 0.25) is 0 Å². The summed E-state index contributed by atoms with van der Waals surface area (Å²) in [5.74, 6) is 0.880. The first-order chi connectivity index (χ1) is 8.66. The van der Waals surface area contributed by atoms with Crippen molar-refractivity contribution >= 4 is 23.0 Å². The molecule has 0 saturated carbocycles. The van der Waals surface area contributed by atoms with Crippen molar-refractivity contribution in [2.45, 2.75) is 6.54 Å². The van der Waals surface area contributed by atoms with E-state index in [0.29, 0.717) is 4.99 Å². The van der Waals surface area contributed by atoms with Gasteiger partial charge in [-0.15, -0.1) is 0 Å². The van der Waals surface area contributed by atoms with Gasteiger partial charge in [-0.2, -0.15) is 0 Å². The predicted molar refractivity (Wildman–Crippen MR) is 76.5 cm³/mol. The van der Waals surface area contributed by atoms with E-state index in [1.807, 2.05) is 42.3 Å². The average Bonchev–Trinajstić information content (AvgIpc) is 2.40. The number of anilines is 1. The number of hydrogen-bond donors (Lipinski definition) is 1. The number of aromatic nitrogens is 2. The van der Waals surface area contributed by atoms with E-state index in [2.05, 4.69) is 9.97 Å². The molecule has 1 aromatic carbocycles. The Morgan fingerprint density at radius 1 is 1.39 bits per heavy atom. The van der Waals surface area contributed by atoms with Crippen LogP contribution in [0.4, 0.5) is 5.82 Å². The number of rotatable bonds is 4. The molecule has 92 valence electrons. The smallest absolute Gasteiger partial charge is 0.131 e. The van der Waals surface area contributed by atoms with Crippen LogP contribution in [0.15, 0.2) is 42.9 Å². The Morgan fingerprint density at radius 2 is 2.22 bits per heavy atom. The fourth-order valence-corrected chi connectivity index (χ4v) is 1.81. The molecule has 0 unspecified atom stereocenters. The molecule has 0 radical (unpaired) electrons. The highest BCUT2D eigenvalue weighted by Crippen LogP contribution is 2.12. The minimum atomic E-state index is 0.418. The molecule has 1 heterocycles. The van der Waals surface area contributed by atoms with Gasteiger partial charge in [0.1, 0.15) is 17.1 Å². The van der Waals surface area contributed by atoms with Crippen LogP contribution >= 0.6 is 12.2 Å². The van der Waals surface area contributed by atoms with Crippen molar-refractivity contribution < 1.29 is 0 Å². The Balaban J connectivity index is 2.14. The second-order valence-corrected chi connectivity index (χ2v) is 4.43. The third-order valence-electron chi connectivity index (χ3n) is 2.59. The van der Waals surface area contributed by atoms with Gasteiger partial charge in [-0.3, -0.25) is 0 Å². The fraction of sp³-hybridized carbons (Fsp3) is 0.154. The van der Waals surface area contributed by atoms with Crippen molar-refractivity contribution in [3.63, 3.8) is 0 Å². The summed E-state index contributed by atoms with van der Waals surface area (Å²) in [6.07, 6.45) is 3.27. The molecule has 5 heteroatoms. The first-order valence-electron chi connectivity index (χ1n) is 5.52. The van der Waals surface area contributed by atoms with Gasteiger partial charge >= 0.3 is 0 Å². The second kappa shape index (κ2) is 5.55. The summed E-state index contributed by atoms with van der Waals surface area (Å²) in [5.41, 5.74) is 7.65. The Kier molecular flexibility index (Phi) is 3.84. The molecule has 0 aliphatic carbocycles. The molecule has 2 aromatic rings. The van der Waals surface area contributed by atoms with E-state index in [9.17, 15) is 0 Å². The molecule has 0 atom stereocenters. The summed E-state index contributed by atoms with van der Waals surface area (Å²) in [4.78, 5) is 10.6. The summed E-state index contributed by atoms with van der Waals surface area (Å²) in [7, 11) is 1.98. The van der Waals surface area contributed by atoms with Crippen LogP contribution < -0.4 is 10.6 Å². The number of nitrogens with two attached hydrogens (primary N) is 1. The topological polar surface area (TPSA) is 55.0 Å². The highest BCUT2D eigenvalue weighted by atomic mass is 32.1. The van der Waals surface area contributed by atoms with Crippen LogP contribution in [0.5, 0.6) is 0 Å². The molecule has 4 nitrogen and oxygen atoms in total. The second-order valence-electron chi connectivity index (χ2n) is 3.99. The standard InChI is InChI=1S/C13H14N4S/c1-17(12-5-6-15-9-16-12)8-10-3-2-4-11(7-10)13(14)18/h2-7,9H,8H2,1H3,(H2,14,18). The molecular formula is C13H14N4S. The lowest BCUT2D eigenvalue weighted by molar-refractivity contribution is 0.890. The zero-order valence-electron chi connectivity index (χ0n) is 10.1. The largest absolute Gasteiger partial charge is 0.389 e. The van der Waals surface area contributed by atoms with E-state index in [0.717, 1.165) is 23.5 Å². The number of nitrogens with zero attached hydrogens (tertiary/aromatic N) is 3. The molecule has 2 N–H and O–H groups in total. The lowest BCUT2D eigenvalue weighted by atomic mass is 10.1. The van der Waals surface area contributed by atoms with E-state index in [1.54, 1.807) is 6.20 Å². The quantitative estimate of drug-likeness (QED) is 0.847. The van der Waals surface area contributed by atoms with E-state index in [4.69, 9.17) is 18.0 Å². The van der Waals surface area contributed by atoms with Gasteiger partial charge in [-0.1, -0.05) is 30.4 Å². The van der Waals surface area contributed by atoms with E-state index in [-0.39, 0.29) is 0 Å². The van der Waals surface area contributed by atoms with Gasteiger partial charge in [0.2, 0.25) is 0 Å². The highest BCUT2D eigenvalue weighted by molar-refractivity contribution is 7.80. The fourth-order valence-electron chi connectivity index (χ4n) is 1.69. The molecule has 0 amide bonds. The van der Waals surface area contributed by atoms with Crippen molar-refractivity contribution in [3.8, 4) is 0 Å². The molecule has 18 heavy (non-hydrogen) atoms. The van der Waals surface area contributed by atoms with Crippen LogP contribution in [-0.4, -0.2) is 22.0 Å². The van der Waals surface area contributed by atoms with Gasteiger partial charge in [0, 0.05) is 25.4 Å². The average molecular weight is 258 g/mol. The van der Waals surface area contributed by atoms with Crippen LogP contribution in [-0.2, 0) is 6.54 Å². The molecule has 0 saturated heterocycles. The Bertz CT molecular complexity index is 542. The summed E-state index contributed by atoms with van der Waals surface area (Å²) in [5, 5.41) is 0. The number of thiocarbonyl (C=S) groups is 1. The van der Waals surface area contributed by atoms with Crippen molar-refractivity contribution in [1.29, 1.82) is 0 Å². The van der Waals surface area contributed by atoms with Gasteiger partial charge in [0.15, 0.2) is 0 Å². The highest BCUT2D eigenvalue weighted by Gasteiger charge is 2.04. The van der Waals surface area contributed by atoms with Crippen LogP contribution in [0.3, 0.4) is 0 Å². The van der Waals surface area contributed by atoms with Crippen molar-refractivity contribution in [3.05, 3.63) is 54.0 Å². The van der Waals surface area contributed by atoms with Gasteiger partial charge < -0.3 is 10.6 Å². The minimum absolute atomic E-state index is 0.418. The van der Waals surface area contributed by atoms with Crippen LogP contribution in [0.1, 0.15) is 11.1 Å². The summed E-state index contributed by atoms with van der Waals surface area (Å²) >= 11 is 4.97. The Hall–Kier alpha value is -2.01. The van der Waals surface area contributed by atoms with Crippen molar-refractivity contribution in [2.24, 2.45) is 5.73 Å². The first kappa shape index (κ1) is 12.4. The van der Waals surface area contributed by atoms with Crippen LogP contribution in [0, 0.1) is 0 Å². The normalized spacial score (nSPS) is 10.1. The zero-order chi connectivity index (χ0) is 13.0. The van der Waals surface area contributed by atoms with Gasteiger partial charge in [-0.05, 0) is 17.7 Å². The van der Waals surface area contributed by atoms with E-state index < -0.39 is 0 Å². The molecule has 0 aliphatic rings. The lowest BCUT2D eigenvalue weighted by Gasteiger charge is -2.18. The Morgan fingerprint density at radius 3 is 2.89 bits per heavy atom. The zero-order valence-corrected chi connectivity index (χ0v) is 10.9. The maximum Gasteiger partial charge on any atom is 0.131 e. The van der Waals surface area contributed by atoms with Gasteiger partial charge in [0.05, 0.1) is 0 Å². The number of benzene rings is 1. The third kappa shape index (κ3) is 3.01. The lowest BCUT2D eigenvalue weighted by Crippen LogP contribution is -2.18. The van der Waals surface area contributed by atoms with Crippen molar-refractivity contribution in [1.82, 2.24) is 9.97 Å². The maximum atomic E-state index is 5.62. The molecule has 0 fully saturated rings. The van der Waals surface area contributed by atoms with E-state index in [1.165, 1.54) is 6.33 Å². The summed E-state index contributed by atoms with van der Waals surface area (Å²) in [6, 6.07) is 9.78. The molecule has 2 rings (SSSR count). The van der Waals surface area contributed by atoms with E-state index >= 15 is 0 Å². The molecule has 0 aliphatic heterocycles. The van der Waals surface area contributed by atoms with Gasteiger partial charge in [-0.25, -0.2) is 9.97 Å². The monoisotopic (exact) mass is 258 g/mol. The predicted octanol–water partition coefficient (Wildman–Crippen LogP) is 1.75. The van der Waals surface area contributed by atoms with Crippen LogP contribution in [0.25, 0.3) is 0 Å². The maximum absolute atomic E-state index is 5.62. The number of hydrogen-bond acceptors (Lipinski definition) is 4. The Labute approximate surface area is 111 Å². The third-order valence-corrected chi connectivity index (χ3v) is 2.82. The summed E-state index contributed by atoms with van der Waals surface area (Å²) in [6.45, 7) is 0.744. The first-order valence-corrected chi connectivity index (χ1v) is 5.93. The molecule has 0 bridgehead atoms. The molecule has 0 spiro atoms. The molecule has 1 aromatic heterocycles. The minimum Gasteiger partial charge on any atom is -0.389 e. The van der Waals surface area contributed by atoms with Crippen molar-refractivity contribution in [2.75, 3.05) is 11.9 Å².